The lowest BCUT2D eigenvalue weighted by Gasteiger charge is -2.31. The van der Waals surface area contributed by atoms with Crippen molar-refractivity contribution in [1.29, 1.82) is 0 Å². The summed E-state index contributed by atoms with van der Waals surface area (Å²) in [6, 6.07) is 6.73. The molecule has 4 nitrogen and oxygen atoms in total. The number of carboxylic acids is 1. The Morgan fingerprint density at radius 3 is 2.26 bits per heavy atom. The van der Waals surface area contributed by atoms with Gasteiger partial charge in [-0.15, -0.1) is 0 Å². The standard InChI is InChI=1S/C14H16ClNO3/c15-9-5-7-10(8-6-9)16-13(17)11-3-1-2-4-12(11)14(18)19/h5-8,11-12H,1-4H2,(H,16,17)(H,18,19)/p-1/t11-,12-/m1/s1. The van der Waals surface area contributed by atoms with E-state index in [9.17, 15) is 14.7 Å². The average molecular weight is 281 g/mol. The van der Waals surface area contributed by atoms with Gasteiger partial charge in [0.05, 0.1) is 0 Å². The summed E-state index contributed by atoms with van der Waals surface area (Å²) in [5, 5.41) is 14.4. The van der Waals surface area contributed by atoms with E-state index in [1.54, 1.807) is 24.3 Å². The largest absolute Gasteiger partial charge is 0.550 e. The number of nitrogens with one attached hydrogen (secondary N) is 1. The Labute approximate surface area is 116 Å². The maximum absolute atomic E-state index is 12.1. The molecule has 2 rings (SSSR count). The normalized spacial score (nSPS) is 22.8. The lowest BCUT2D eigenvalue weighted by atomic mass is 9.78. The Hall–Kier alpha value is -1.55. The molecule has 0 aliphatic heterocycles. The van der Waals surface area contributed by atoms with E-state index < -0.39 is 17.8 Å². The van der Waals surface area contributed by atoms with Crippen molar-refractivity contribution in [1.82, 2.24) is 0 Å². The van der Waals surface area contributed by atoms with Gasteiger partial charge in [0, 0.05) is 28.5 Å². The summed E-state index contributed by atoms with van der Waals surface area (Å²) >= 11 is 5.76. The number of halogens is 1. The van der Waals surface area contributed by atoms with E-state index in [1.165, 1.54) is 0 Å². The van der Waals surface area contributed by atoms with Crippen LogP contribution in [0.2, 0.25) is 5.02 Å². The van der Waals surface area contributed by atoms with E-state index in [4.69, 9.17) is 11.6 Å². The third-order valence-electron chi connectivity index (χ3n) is 3.52. The molecular weight excluding hydrogens is 266 g/mol. The number of hydrogen-bond donors (Lipinski definition) is 1. The highest BCUT2D eigenvalue weighted by Crippen LogP contribution is 2.30. The zero-order valence-electron chi connectivity index (χ0n) is 10.4. The molecule has 1 amide bonds. The van der Waals surface area contributed by atoms with Gasteiger partial charge in [0.1, 0.15) is 0 Å². The van der Waals surface area contributed by atoms with Crippen molar-refractivity contribution >= 4 is 29.2 Å². The zero-order valence-corrected chi connectivity index (χ0v) is 11.2. The number of anilines is 1. The minimum Gasteiger partial charge on any atom is -0.550 e. The first-order valence-electron chi connectivity index (χ1n) is 6.35. The van der Waals surface area contributed by atoms with Crippen molar-refractivity contribution in [3.8, 4) is 0 Å². The van der Waals surface area contributed by atoms with E-state index in [0.29, 0.717) is 23.6 Å². The molecule has 0 spiro atoms. The highest BCUT2D eigenvalue weighted by Gasteiger charge is 2.31. The second-order valence-corrected chi connectivity index (χ2v) is 5.25. The highest BCUT2D eigenvalue weighted by molar-refractivity contribution is 6.30. The second kappa shape index (κ2) is 6.06. The number of carbonyl (C=O) groups excluding carboxylic acids is 2. The Morgan fingerprint density at radius 2 is 1.68 bits per heavy atom. The van der Waals surface area contributed by atoms with E-state index in [2.05, 4.69) is 5.32 Å². The van der Waals surface area contributed by atoms with Gasteiger partial charge in [-0.3, -0.25) is 4.79 Å². The molecule has 1 fully saturated rings. The highest BCUT2D eigenvalue weighted by atomic mass is 35.5. The summed E-state index contributed by atoms with van der Waals surface area (Å²) in [6.07, 6.45) is 2.82. The molecule has 0 aromatic heterocycles. The summed E-state index contributed by atoms with van der Waals surface area (Å²) in [6.45, 7) is 0. The number of carbonyl (C=O) groups is 2. The van der Waals surface area contributed by atoms with Crippen LogP contribution in [0.1, 0.15) is 25.7 Å². The van der Waals surface area contributed by atoms with Gasteiger partial charge in [0.2, 0.25) is 5.91 Å². The van der Waals surface area contributed by atoms with Gasteiger partial charge >= 0.3 is 0 Å². The number of aliphatic carboxylic acids is 1. The molecule has 102 valence electrons. The fourth-order valence-corrected chi connectivity index (χ4v) is 2.62. The summed E-state index contributed by atoms with van der Waals surface area (Å²) < 4.78 is 0. The van der Waals surface area contributed by atoms with Crippen LogP contribution in [0.25, 0.3) is 0 Å². The molecule has 0 saturated heterocycles. The fourth-order valence-electron chi connectivity index (χ4n) is 2.49. The van der Waals surface area contributed by atoms with Gasteiger partial charge in [-0.25, -0.2) is 0 Å². The molecule has 1 aliphatic rings. The molecular formula is C14H15ClNO3-. The van der Waals surface area contributed by atoms with Crippen LogP contribution >= 0.6 is 11.6 Å². The lowest BCUT2D eigenvalue weighted by Crippen LogP contribution is -2.42. The Balaban J connectivity index is 2.05. The smallest absolute Gasteiger partial charge is 0.228 e. The van der Waals surface area contributed by atoms with Gasteiger partial charge in [0.15, 0.2) is 0 Å². The molecule has 0 unspecified atom stereocenters. The van der Waals surface area contributed by atoms with Crippen LogP contribution in [0.15, 0.2) is 24.3 Å². The van der Waals surface area contributed by atoms with Crippen LogP contribution in [0.4, 0.5) is 5.69 Å². The van der Waals surface area contributed by atoms with E-state index >= 15 is 0 Å². The molecule has 1 saturated carbocycles. The van der Waals surface area contributed by atoms with Gasteiger partial charge < -0.3 is 15.2 Å². The minimum absolute atomic E-state index is 0.253. The second-order valence-electron chi connectivity index (χ2n) is 4.81. The number of amides is 1. The molecule has 1 aliphatic carbocycles. The molecule has 5 heteroatoms. The maximum Gasteiger partial charge on any atom is 0.228 e. The fraction of sp³-hybridized carbons (Fsp3) is 0.429. The van der Waals surface area contributed by atoms with Gasteiger partial charge in [-0.05, 0) is 37.1 Å². The molecule has 1 N–H and O–H groups in total. The van der Waals surface area contributed by atoms with Crippen molar-refractivity contribution in [2.75, 3.05) is 5.32 Å². The molecule has 0 radical (unpaired) electrons. The number of hydrogen-bond acceptors (Lipinski definition) is 3. The summed E-state index contributed by atoms with van der Waals surface area (Å²) in [7, 11) is 0. The first kappa shape index (κ1) is 13.9. The van der Waals surface area contributed by atoms with Crippen LogP contribution < -0.4 is 10.4 Å². The molecule has 19 heavy (non-hydrogen) atoms. The predicted molar refractivity (Wildman–Crippen MR) is 70.5 cm³/mol. The minimum atomic E-state index is -1.13. The van der Waals surface area contributed by atoms with E-state index in [1.807, 2.05) is 0 Å². The van der Waals surface area contributed by atoms with Crippen LogP contribution in [0.5, 0.6) is 0 Å². The average Bonchev–Trinajstić information content (AvgIpc) is 2.41. The van der Waals surface area contributed by atoms with Crippen molar-refractivity contribution in [3.63, 3.8) is 0 Å². The van der Waals surface area contributed by atoms with E-state index in [-0.39, 0.29) is 5.91 Å². The van der Waals surface area contributed by atoms with Crippen molar-refractivity contribution in [3.05, 3.63) is 29.3 Å². The third kappa shape index (κ3) is 3.47. The molecule has 1 aromatic rings. The van der Waals surface area contributed by atoms with Gasteiger partial charge in [0.25, 0.3) is 0 Å². The first-order chi connectivity index (χ1) is 9.08. The SMILES string of the molecule is O=C([O-])[C@@H]1CCCC[C@H]1C(=O)Nc1ccc(Cl)cc1. The Bertz CT molecular complexity index is 472. The van der Waals surface area contributed by atoms with E-state index in [0.717, 1.165) is 12.8 Å². The summed E-state index contributed by atoms with van der Waals surface area (Å²) in [5.74, 6) is -2.57. The quantitative estimate of drug-likeness (QED) is 0.918. The van der Waals surface area contributed by atoms with Gasteiger partial charge in [-0.1, -0.05) is 24.4 Å². The Morgan fingerprint density at radius 1 is 1.11 bits per heavy atom. The molecule has 0 bridgehead atoms. The van der Waals surface area contributed by atoms with Crippen LogP contribution in [-0.4, -0.2) is 11.9 Å². The monoisotopic (exact) mass is 280 g/mol. The molecule has 2 atom stereocenters. The number of benzene rings is 1. The molecule has 1 aromatic carbocycles. The number of carboxylic acid groups (broad SMARTS) is 1. The summed E-state index contributed by atoms with van der Waals surface area (Å²) in [4.78, 5) is 23.2. The number of rotatable bonds is 3. The van der Waals surface area contributed by atoms with Crippen LogP contribution in [0, 0.1) is 11.8 Å². The van der Waals surface area contributed by atoms with Crippen LogP contribution in [-0.2, 0) is 9.59 Å². The van der Waals surface area contributed by atoms with Crippen LogP contribution in [0.3, 0.4) is 0 Å². The summed E-state index contributed by atoms with van der Waals surface area (Å²) in [5.41, 5.74) is 0.622. The van der Waals surface area contributed by atoms with Crippen molar-refractivity contribution in [2.24, 2.45) is 11.8 Å². The topological polar surface area (TPSA) is 69.2 Å². The van der Waals surface area contributed by atoms with Crippen molar-refractivity contribution < 1.29 is 14.7 Å². The maximum atomic E-state index is 12.1. The lowest BCUT2D eigenvalue weighted by molar-refractivity contribution is -0.313. The predicted octanol–water partition coefficient (Wildman–Crippen LogP) is 1.83. The Kier molecular flexibility index (Phi) is 4.43. The zero-order chi connectivity index (χ0) is 13.8. The van der Waals surface area contributed by atoms with Gasteiger partial charge in [-0.2, -0.15) is 0 Å². The van der Waals surface area contributed by atoms with Crippen molar-refractivity contribution in [2.45, 2.75) is 25.7 Å². The molecule has 0 heterocycles. The third-order valence-corrected chi connectivity index (χ3v) is 3.77. The first-order valence-corrected chi connectivity index (χ1v) is 6.73.